The van der Waals surface area contributed by atoms with Crippen molar-refractivity contribution in [2.45, 2.75) is 20.0 Å². The van der Waals surface area contributed by atoms with Gasteiger partial charge < -0.3 is 14.9 Å². The number of rotatable bonds is 3. The topological polar surface area (TPSA) is 86.7 Å². The number of carbonyl (C=O) groups excluding carboxylic acids is 2. The van der Waals surface area contributed by atoms with Gasteiger partial charge in [0.15, 0.2) is 11.8 Å². The van der Waals surface area contributed by atoms with Crippen LogP contribution in [0.15, 0.2) is 24.4 Å². The van der Waals surface area contributed by atoms with Crippen molar-refractivity contribution >= 4 is 17.5 Å². The first-order chi connectivity index (χ1) is 8.49. The van der Waals surface area contributed by atoms with E-state index in [0.717, 1.165) is 5.69 Å². The first-order valence-corrected chi connectivity index (χ1v) is 5.44. The number of amides is 1. The molecule has 1 amide bonds. The van der Waals surface area contributed by atoms with Gasteiger partial charge in [0.1, 0.15) is 5.65 Å². The molecule has 6 heteroatoms. The third-order valence-corrected chi connectivity index (χ3v) is 2.59. The third-order valence-electron chi connectivity index (χ3n) is 2.59. The van der Waals surface area contributed by atoms with Crippen LogP contribution in [0.25, 0.3) is 5.65 Å². The van der Waals surface area contributed by atoms with Crippen molar-refractivity contribution in [2.24, 2.45) is 5.73 Å². The van der Waals surface area contributed by atoms with Crippen molar-refractivity contribution in [3.05, 3.63) is 35.8 Å². The highest BCUT2D eigenvalue weighted by Crippen LogP contribution is 2.10. The smallest absolute Gasteiger partial charge is 0.359 e. The summed E-state index contributed by atoms with van der Waals surface area (Å²) in [5.74, 6) is -1.35. The molecular weight excluding hydrogens is 234 g/mol. The van der Waals surface area contributed by atoms with Crippen LogP contribution in [-0.2, 0) is 9.53 Å². The molecule has 0 aliphatic heterocycles. The van der Waals surface area contributed by atoms with E-state index in [0.29, 0.717) is 5.65 Å². The minimum absolute atomic E-state index is 0.150. The van der Waals surface area contributed by atoms with Gasteiger partial charge >= 0.3 is 5.97 Å². The lowest BCUT2D eigenvalue weighted by Crippen LogP contribution is -2.30. The molecule has 2 N–H and O–H groups in total. The molecule has 0 spiro atoms. The van der Waals surface area contributed by atoms with Crippen LogP contribution in [-0.4, -0.2) is 27.4 Å². The Morgan fingerprint density at radius 1 is 1.44 bits per heavy atom. The zero-order chi connectivity index (χ0) is 13.3. The van der Waals surface area contributed by atoms with Crippen LogP contribution in [0.1, 0.15) is 23.1 Å². The van der Waals surface area contributed by atoms with Crippen molar-refractivity contribution in [1.29, 1.82) is 0 Å². The highest BCUT2D eigenvalue weighted by atomic mass is 16.5. The normalized spacial score (nSPS) is 12.3. The van der Waals surface area contributed by atoms with E-state index < -0.39 is 18.0 Å². The van der Waals surface area contributed by atoms with Crippen LogP contribution in [0, 0.1) is 6.92 Å². The molecule has 0 saturated heterocycles. The summed E-state index contributed by atoms with van der Waals surface area (Å²) in [5, 5.41) is 0. The quantitative estimate of drug-likeness (QED) is 0.808. The van der Waals surface area contributed by atoms with Crippen LogP contribution >= 0.6 is 0 Å². The Morgan fingerprint density at radius 2 is 2.17 bits per heavy atom. The molecule has 0 saturated carbocycles. The van der Waals surface area contributed by atoms with Gasteiger partial charge in [-0.2, -0.15) is 0 Å². The molecule has 0 bridgehead atoms. The summed E-state index contributed by atoms with van der Waals surface area (Å²) in [6, 6.07) is 5.52. The average molecular weight is 247 g/mol. The van der Waals surface area contributed by atoms with E-state index in [-0.39, 0.29) is 5.69 Å². The molecule has 1 unspecified atom stereocenters. The molecule has 1 atom stereocenters. The molecule has 2 heterocycles. The number of esters is 1. The Labute approximate surface area is 103 Å². The highest BCUT2D eigenvalue weighted by Gasteiger charge is 2.18. The van der Waals surface area contributed by atoms with Gasteiger partial charge in [-0.1, -0.05) is 6.07 Å². The van der Waals surface area contributed by atoms with Gasteiger partial charge in [-0.25, -0.2) is 9.78 Å². The van der Waals surface area contributed by atoms with Gasteiger partial charge in [-0.3, -0.25) is 4.79 Å². The number of aryl methyl sites for hydroxylation is 1. The van der Waals surface area contributed by atoms with Gasteiger partial charge in [0, 0.05) is 11.9 Å². The summed E-state index contributed by atoms with van der Waals surface area (Å²) in [5.41, 5.74) is 6.76. The van der Waals surface area contributed by atoms with Crippen molar-refractivity contribution in [1.82, 2.24) is 9.38 Å². The van der Waals surface area contributed by atoms with E-state index in [2.05, 4.69) is 4.98 Å². The first kappa shape index (κ1) is 12.1. The molecule has 18 heavy (non-hydrogen) atoms. The zero-order valence-electron chi connectivity index (χ0n) is 10.1. The monoisotopic (exact) mass is 247 g/mol. The number of nitrogens with two attached hydrogens (primary N) is 1. The fourth-order valence-corrected chi connectivity index (χ4v) is 1.53. The van der Waals surface area contributed by atoms with Crippen molar-refractivity contribution in [3.63, 3.8) is 0 Å². The molecule has 94 valence electrons. The van der Waals surface area contributed by atoms with Crippen molar-refractivity contribution in [2.75, 3.05) is 0 Å². The lowest BCUT2D eigenvalue weighted by Gasteiger charge is -2.07. The van der Waals surface area contributed by atoms with Crippen molar-refractivity contribution in [3.8, 4) is 0 Å². The molecule has 2 rings (SSSR count). The van der Waals surface area contributed by atoms with Crippen molar-refractivity contribution < 1.29 is 14.3 Å². The van der Waals surface area contributed by atoms with E-state index in [1.165, 1.54) is 6.92 Å². The maximum atomic E-state index is 11.7. The Morgan fingerprint density at radius 3 is 2.78 bits per heavy atom. The SMILES string of the molecule is Cc1cccc2nc(C(=O)OC(C)C(N)=O)cn12. The van der Waals surface area contributed by atoms with E-state index in [9.17, 15) is 9.59 Å². The lowest BCUT2D eigenvalue weighted by molar-refractivity contribution is -0.125. The van der Waals surface area contributed by atoms with E-state index in [1.54, 1.807) is 16.7 Å². The number of hydrogen-bond acceptors (Lipinski definition) is 4. The summed E-state index contributed by atoms with van der Waals surface area (Å²) in [4.78, 5) is 26.7. The number of aromatic nitrogens is 2. The molecule has 2 aromatic rings. The average Bonchev–Trinajstić information content (AvgIpc) is 2.74. The van der Waals surface area contributed by atoms with Crippen LogP contribution in [0.4, 0.5) is 0 Å². The summed E-state index contributed by atoms with van der Waals surface area (Å²) < 4.78 is 6.65. The van der Waals surface area contributed by atoms with Crippen LogP contribution in [0.3, 0.4) is 0 Å². The summed E-state index contributed by atoms with van der Waals surface area (Å²) in [6.07, 6.45) is 0.601. The van der Waals surface area contributed by atoms with Gasteiger partial charge in [-0.05, 0) is 26.0 Å². The highest BCUT2D eigenvalue weighted by molar-refractivity contribution is 5.90. The van der Waals surface area contributed by atoms with Crippen LogP contribution < -0.4 is 5.73 Å². The zero-order valence-corrected chi connectivity index (χ0v) is 10.1. The number of nitrogens with zero attached hydrogens (tertiary/aromatic N) is 2. The number of imidazole rings is 1. The second-order valence-corrected chi connectivity index (χ2v) is 3.97. The number of hydrogen-bond donors (Lipinski definition) is 1. The summed E-state index contributed by atoms with van der Waals surface area (Å²) in [7, 11) is 0. The van der Waals surface area contributed by atoms with Crippen LogP contribution in [0.2, 0.25) is 0 Å². The molecule has 0 aliphatic rings. The predicted octanol–water partition coefficient (Wildman–Crippen LogP) is 0.673. The minimum Gasteiger partial charge on any atom is -0.448 e. The van der Waals surface area contributed by atoms with E-state index in [4.69, 9.17) is 10.5 Å². The van der Waals surface area contributed by atoms with Gasteiger partial charge in [0.05, 0.1) is 0 Å². The van der Waals surface area contributed by atoms with Gasteiger partial charge in [0.25, 0.3) is 5.91 Å². The summed E-state index contributed by atoms with van der Waals surface area (Å²) >= 11 is 0. The number of pyridine rings is 1. The molecule has 2 aromatic heterocycles. The standard InChI is InChI=1S/C12H13N3O3/c1-7-4-3-5-10-14-9(6-15(7)10)12(17)18-8(2)11(13)16/h3-6,8H,1-2H3,(H2,13,16). The van der Waals surface area contributed by atoms with Gasteiger partial charge in [0.2, 0.25) is 0 Å². The fraction of sp³-hybridized carbons (Fsp3) is 0.250. The maximum Gasteiger partial charge on any atom is 0.359 e. The third kappa shape index (κ3) is 2.17. The number of ether oxygens (including phenoxy) is 1. The second-order valence-electron chi connectivity index (χ2n) is 3.97. The Kier molecular flexibility index (Phi) is 3.01. The number of fused-ring (bicyclic) bond motifs is 1. The molecule has 6 nitrogen and oxygen atoms in total. The minimum atomic E-state index is -0.969. The van der Waals surface area contributed by atoms with E-state index >= 15 is 0 Å². The fourth-order valence-electron chi connectivity index (χ4n) is 1.53. The first-order valence-electron chi connectivity index (χ1n) is 5.44. The number of carbonyl (C=O) groups is 2. The second kappa shape index (κ2) is 4.48. The van der Waals surface area contributed by atoms with Crippen LogP contribution in [0.5, 0.6) is 0 Å². The molecule has 0 aromatic carbocycles. The Balaban J connectivity index is 2.29. The summed E-state index contributed by atoms with van der Waals surface area (Å²) in [6.45, 7) is 3.32. The number of primary amides is 1. The lowest BCUT2D eigenvalue weighted by atomic mass is 10.4. The van der Waals surface area contributed by atoms with E-state index in [1.807, 2.05) is 19.1 Å². The predicted molar refractivity (Wildman–Crippen MR) is 64.0 cm³/mol. The maximum absolute atomic E-state index is 11.7. The molecule has 0 radical (unpaired) electrons. The van der Waals surface area contributed by atoms with Gasteiger partial charge in [-0.15, -0.1) is 0 Å². The Bertz CT molecular complexity index is 618. The molecular formula is C12H13N3O3. The Hall–Kier alpha value is -2.37. The largest absolute Gasteiger partial charge is 0.448 e. The molecule has 0 fully saturated rings. The molecule has 0 aliphatic carbocycles.